The zero-order valence-corrected chi connectivity index (χ0v) is 14.1. The first-order chi connectivity index (χ1) is 11.4. The van der Waals surface area contributed by atoms with Crippen LogP contribution in [0.15, 0.2) is 47.4 Å². The molecule has 0 aliphatic rings. The maximum Gasteiger partial charge on any atom is 0.274 e. The number of carbonyl (C=O) groups excluding carboxylic acids is 2. The molecule has 2 rings (SSSR count). The Morgan fingerprint density at radius 3 is 2.46 bits per heavy atom. The molecule has 1 aromatic carbocycles. The molecular weight excluding hydrogens is 306 g/mol. The van der Waals surface area contributed by atoms with Crippen LogP contribution in [-0.2, 0) is 18.3 Å². The minimum absolute atomic E-state index is 0.114. The van der Waals surface area contributed by atoms with Gasteiger partial charge in [0.1, 0.15) is 5.69 Å². The lowest BCUT2D eigenvalue weighted by molar-refractivity contribution is -0.116. The Morgan fingerprint density at radius 2 is 1.83 bits per heavy atom. The number of nitrogens with one attached hydrogen (secondary N) is 1. The number of anilines is 1. The van der Waals surface area contributed by atoms with Crippen molar-refractivity contribution in [2.45, 2.75) is 12.8 Å². The molecule has 2 aromatic rings. The van der Waals surface area contributed by atoms with Gasteiger partial charge in [-0.25, -0.2) is 0 Å². The molecule has 0 spiro atoms. The minimum Gasteiger partial charge on any atom is -0.345 e. The van der Waals surface area contributed by atoms with Gasteiger partial charge in [0.15, 0.2) is 0 Å². The quantitative estimate of drug-likeness (QED) is 0.908. The summed E-state index contributed by atoms with van der Waals surface area (Å²) in [6.07, 6.45) is 2.31. The molecule has 24 heavy (non-hydrogen) atoms. The molecule has 0 unspecified atom stereocenters. The third-order valence-electron chi connectivity index (χ3n) is 3.59. The zero-order valence-electron chi connectivity index (χ0n) is 14.1. The Hall–Kier alpha value is -2.89. The van der Waals surface area contributed by atoms with Crippen LogP contribution in [0.1, 0.15) is 22.3 Å². The van der Waals surface area contributed by atoms with Crippen LogP contribution in [0.5, 0.6) is 0 Å². The molecule has 0 atom stereocenters. The Labute approximate surface area is 140 Å². The smallest absolute Gasteiger partial charge is 0.274 e. The third kappa shape index (κ3) is 4.32. The van der Waals surface area contributed by atoms with E-state index in [0.717, 1.165) is 5.56 Å². The van der Waals surface area contributed by atoms with Crippen LogP contribution >= 0.6 is 0 Å². The summed E-state index contributed by atoms with van der Waals surface area (Å²) in [5.74, 6) is -0.490. The van der Waals surface area contributed by atoms with E-state index < -0.39 is 0 Å². The molecule has 6 heteroatoms. The van der Waals surface area contributed by atoms with Crippen LogP contribution in [-0.4, -0.2) is 35.4 Å². The van der Waals surface area contributed by atoms with E-state index in [1.54, 1.807) is 21.1 Å². The molecule has 1 heterocycles. The fourth-order valence-corrected chi connectivity index (χ4v) is 2.29. The third-order valence-corrected chi connectivity index (χ3v) is 3.59. The van der Waals surface area contributed by atoms with E-state index in [0.29, 0.717) is 12.0 Å². The predicted molar refractivity (Wildman–Crippen MR) is 93.1 cm³/mol. The van der Waals surface area contributed by atoms with Crippen molar-refractivity contribution in [1.82, 2.24) is 9.47 Å². The molecule has 0 saturated carbocycles. The summed E-state index contributed by atoms with van der Waals surface area (Å²) in [7, 11) is 4.81. The largest absolute Gasteiger partial charge is 0.345 e. The number of hydrogen-bond acceptors (Lipinski definition) is 3. The Balaban J connectivity index is 2.12. The van der Waals surface area contributed by atoms with Gasteiger partial charge in [0.05, 0.1) is 5.56 Å². The van der Waals surface area contributed by atoms with Crippen molar-refractivity contribution in [3.05, 3.63) is 64.1 Å². The van der Waals surface area contributed by atoms with Gasteiger partial charge in [-0.05, 0) is 18.1 Å². The number of hydrogen-bond donors (Lipinski definition) is 1. The van der Waals surface area contributed by atoms with Gasteiger partial charge in [-0.3, -0.25) is 14.4 Å². The maximum absolute atomic E-state index is 12.1. The molecule has 6 nitrogen and oxygen atoms in total. The first kappa shape index (κ1) is 17.5. The van der Waals surface area contributed by atoms with E-state index in [1.165, 1.54) is 21.7 Å². The molecule has 1 N–H and O–H groups in total. The highest BCUT2D eigenvalue weighted by molar-refractivity contribution is 5.96. The van der Waals surface area contributed by atoms with Crippen LogP contribution in [0, 0.1) is 0 Å². The summed E-state index contributed by atoms with van der Waals surface area (Å²) in [6, 6.07) is 11.1. The first-order valence-electron chi connectivity index (χ1n) is 7.64. The molecule has 126 valence electrons. The molecule has 0 fully saturated rings. The van der Waals surface area contributed by atoms with Crippen molar-refractivity contribution in [3.63, 3.8) is 0 Å². The lowest BCUT2D eigenvalue weighted by Gasteiger charge is -2.13. The van der Waals surface area contributed by atoms with Gasteiger partial charge in [-0.15, -0.1) is 0 Å². The molecule has 1 aromatic heterocycles. The van der Waals surface area contributed by atoms with Crippen molar-refractivity contribution in [3.8, 4) is 0 Å². The number of aromatic nitrogens is 1. The Morgan fingerprint density at radius 1 is 1.17 bits per heavy atom. The standard InChI is InChI=1S/C18H21N3O3/c1-20(2)17(23)14-11-15(18(24)21(3)12-14)19-16(22)10-9-13-7-5-4-6-8-13/h4-8,11-12H,9-10H2,1-3H3,(H,19,22). The van der Waals surface area contributed by atoms with Crippen molar-refractivity contribution < 1.29 is 9.59 Å². The van der Waals surface area contributed by atoms with E-state index >= 15 is 0 Å². The summed E-state index contributed by atoms with van der Waals surface area (Å²) in [4.78, 5) is 37.7. The number of nitrogens with zero attached hydrogens (tertiary/aromatic N) is 2. The molecule has 0 aliphatic carbocycles. The van der Waals surface area contributed by atoms with Crippen molar-refractivity contribution in [2.24, 2.45) is 7.05 Å². The van der Waals surface area contributed by atoms with E-state index in [4.69, 9.17) is 0 Å². The fraction of sp³-hybridized carbons (Fsp3) is 0.278. The molecule has 0 aliphatic heterocycles. The van der Waals surface area contributed by atoms with Crippen LogP contribution in [0.4, 0.5) is 5.69 Å². The number of rotatable bonds is 5. The summed E-state index contributed by atoms with van der Waals surface area (Å²) >= 11 is 0. The fourth-order valence-electron chi connectivity index (χ4n) is 2.29. The molecule has 0 bridgehead atoms. The maximum atomic E-state index is 12.1. The van der Waals surface area contributed by atoms with Crippen molar-refractivity contribution >= 4 is 17.5 Å². The van der Waals surface area contributed by atoms with E-state index in [2.05, 4.69) is 5.32 Å². The number of pyridine rings is 1. The Bertz CT molecular complexity index is 795. The van der Waals surface area contributed by atoms with Gasteiger partial charge >= 0.3 is 0 Å². The molecule has 0 saturated heterocycles. The Kier molecular flexibility index (Phi) is 5.52. The second kappa shape index (κ2) is 7.59. The van der Waals surface area contributed by atoms with E-state index in [9.17, 15) is 14.4 Å². The van der Waals surface area contributed by atoms with Crippen molar-refractivity contribution in [1.29, 1.82) is 0 Å². The molecule has 0 radical (unpaired) electrons. The summed E-state index contributed by atoms with van der Waals surface area (Å²) in [5, 5.41) is 2.61. The highest BCUT2D eigenvalue weighted by Crippen LogP contribution is 2.09. The van der Waals surface area contributed by atoms with E-state index in [1.807, 2.05) is 30.3 Å². The van der Waals surface area contributed by atoms with Gasteiger partial charge in [0.25, 0.3) is 11.5 Å². The SMILES string of the molecule is CN(C)C(=O)c1cc(NC(=O)CCc2ccccc2)c(=O)n(C)c1. The van der Waals surface area contributed by atoms with E-state index in [-0.39, 0.29) is 29.5 Å². The predicted octanol–water partition coefficient (Wildman–Crippen LogP) is 1.66. The second-order valence-corrected chi connectivity index (χ2v) is 5.79. The average molecular weight is 327 g/mol. The molecule has 2 amide bonds. The summed E-state index contributed by atoms with van der Waals surface area (Å²) in [5.41, 5.74) is 1.17. The minimum atomic E-state index is -0.349. The monoisotopic (exact) mass is 327 g/mol. The van der Waals surface area contributed by atoms with Crippen LogP contribution < -0.4 is 10.9 Å². The first-order valence-corrected chi connectivity index (χ1v) is 7.64. The van der Waals surface area contributed by atoms with Gasteiger partial charge in [-0.2, -0.15) is 0 Å². The van der Waals surface area contributed by atoms with Crippen LogP contribution in [0.3, 0.4) is 0 Å². The zero-order chi connectivity index (χ0) is 17.7. The molecular formula is C18H21N3O3. The number of benzene rings is 1. The lowest BCUT2D eigenvalue weighted by Crippen LogP contribution is -2.28. The van der Waals surface area contributed by atoms with Crippen molar-refractivity contribution in [2.75, 3.05) is 19.4 Å². The highest BCUT2D eigenvalue weighted by atomic mass is 16.2. The highest BCUT2D eigenvalue weighted by Gasteiger charge is 2.14. The van der Waals surface area contributed by atoms with Crippen LogP contribution in [0.2, 0.25) is 0 Å². The van der Waals surface area contributed by atoms with Crippen LogP contribution in [0.25, 0.3) is 0 Å². The normalized spacial score (nSPS) is 10.3. The summed E-state index contributed by atoms with van der Waals surface area (Å²) < 4.78 is 1.30. The van der Waals surface area contributed by atoms with Gasteiger partial charge in [-0.1, -0.05) is 30.3 Å². The number of carbonyl (C=O) groups is 2. The topological polar surface area (TPSA) is 71.4 Å². The average Bonchev–Trinajstić information content (AvgIpc) is 2.57. The van der Waals surface area contributed by atoms with Gasteiger partial charge < -0.3 is 14.8 Å². The lowest BCUT2D eigenvalue weighted by atomic mass is 10.1. The number of aryl methyl sites for hydroxylation is 2. The van der Waals surface area contributed by atoms with Gasteiger partial charge in [0.2, 0.25) is 5.91 Å². The summed E-state index contributed by atoms with van der Waals surface area (Å²) in [6.45, 7) is 0. The number of amides is 2. The van der Waals surface area contributed by atoms with Gasteiger partial charge in [0, 0.05) is 33.8 Å². The second-order valence-electron chi connectivity index (χ2n) is 5.79.